The molecule has 0 aliphatic carbocycles. The fourth-order valence-electron chi connectivity index (χ4n) is 1.73. The highest BCUT2D eigenvalue weighted by molar-refractivity contribution is 5.66. The monoisotopic (exact) mass is 236 g/mol. The standard InChI is InChI=1S/C13H20N2O2/c1-11(2)9-15(8-6-13(16)17)10-12-5-3-4-7-14-12/h3-5,7,11H,6,8-10H2,1-2H3,(H,16,17). The molecule has 0 saturated heterocycles. The molecule has 1 rings (SSSR count). The van der Waals surface area contributed by atoms with Crippen molar-refractivity contribution in [2.45, 2.75) is 26.8 Å². The van der Waals surface area contributed by atoms with E-state index in [1.165, 1.54) is 0 Å². The minimum absolute atomic E-state index is 0.180. The van der Waals surface area contributed by atoms with Crippen molar-refractivity contribution < 1.29 is 9.90 Å². The number of rotatable bonds is 7. The molecule has 0 fully saturated rings. The predicted molar refractivity (Wildman–Crippen MR) is 66.6 cm³/mol. The first-order valence-corrected chi connectivity index (χ1v) is 5.92. The van der Waals surface area contributed by atoms with Crippen molar-refractivity contribution in [1.82, 2.24) is 9.88 Å². The molecule has 0 bridgehead atoms. The second-order valence-corrected chi connectivity index (χ2v) is 4.59. The van der Waals surface area contributed by atoms with Crippen LogP contribution < -0.4 is 0 Å². The maximum Gasteiger partial charge on any atom is 0.304 e. The minimum Gasteiger partial charge on any atom is -0.481 e. The molecule has 0 aromatic carbocycles. The van der Waals surface area contributed by atoms with E-state index in [9.17, 15) is 4.79 Å². The van der Waals surface area contributed by atoms with Gasteiger partial charge in [0.1, 0.15) is 0 Å². The molecule has 0 amide bonds. The lowest BCUT2D eigenvalue weighted by Gasteiger charge is -2.23. The van der Waals surface area contributed by atoms with Crippen LogP contribution in [0.3, 0.4) is 0 Å². The van der Waals surface area contributed by atoms with Crippen LogP contribution in [-0.2, 0) is 11.3 Å². The van der Waals surface area contributed by atoms with Gasteiger partial charge in [-0.2, -0.15) is 0 Å². The van der Waals surface area contributed by atoms with E-state index in [1.807, 2.05) is 18.2 Å². The van der Waals surface area contributed by atoms with Crippen molar-refractivity contribution in [3.63, 3.8) is 0 Å². The van der Waals surface area contributed by atoms with E-state index in [1.54, 1.807) is 6.20 Å². The normalized spacial score (nSPS) is 11.1. The molecule has 1 aromatic rings. The third kappa shape index (κ3) is 6.02. The lowest BCUT2D eigenvalue weighted by molar-refractivity contribution is -0.137. The van der Waals surface area contributed by atoms with E-state index in [2.05, 4.69) is 23.7 Å². The number of carboxylic acid groups (broad SMARTS) is 1. The molecular formula is C13H20N2O2. The van der Waals surface area contributed by atoms with Crippen LogP contribution in [0.2, 0.25) is 0 Å². The van der Waals surface area contributed by atoms with Gasteiger partial charge in [-0.3, -0.25) is 14.7 Å². The second-order valence-electron chi connectivity index (χ2n) is 4.59. The molecule has 94 valence electrons. The van der Waals surface area contributed by atoms with E-state index >= 15 is 0 Å². The van der Waals surface area contributed by atoms with Gasteiger partial charge in [0, 0.05) is 25.8 Å². The number of carbonyl (C=O) groups is 1. The van der Waals surface area contributed by atoms with Gasteiger partial charge < -0.3 is 5.11 Å². The second kappa shape index (κ2) is 7.01. The summed E-state index contributed by atoms with van der Waals surface area (Å²) in [5.41, 5.74) is 0.985. The van der Waals surface area contributed by atoms with E-state index in [4.69, 9.17) is 5.11 Å². The quantitative estimate of drug-likeness (QED) is 0.787. The van der Waals surface area contributed by atoms with Gasteiger partial charge in [0.25, 0.3) is 0 Å². The number of pyridine rings is 1. The third-order valence-electron chi connectivity index (χ3n) is 2.38. The van der Waals surface area contributed by atoms with Crippen molar-refractivity contribution in [2.24, 2.45) is 5.92 Å². The molecule has 0 radical (unpaired) electrons. The lowest BCUT2D eigenvalue weighted by atomic mass is 10.2. The molecule has 0 saturated carbocycles. The average molecular weight is 236 g/mol. The summed E-state index contributed by atoms with van der Waals surface area (Å²) >= 11 is 0. The van der Waals surface area contributed by atoms with Crippen molar-refractivity contribution >= 4 is 5.97 Å². The average Bonchev–Trinajstić information content (AvgIpc) is 2.26. The third-order valence-corrected chi connectivity index (χ3v) is 2.38. The van der Waals surface area contributed by atoms with Crippen molar-refractivity contribution in [1.29, 1.82) is 0 Å². The molecule has 1 aromatic heterocycles. The molecule has 4 nitrogen and oxygen atoms in total. The summed E-state index contributed by atoms with van der Waals surface area (Å²) in [5, 5.41) is 8.72. The maximum atomic E-state index is 10.6. The fraction of sp³-hybridized carbons (Fsp3) is 0.538. The molecule has 0 spiro atoms. The first-order chi connectivity index (χ1) is 8.08. The number of carboxylic acids is 1. The Hall–Kier alpha value is -1.42. The molecule has 4 heteroatoms. The van der Waals surface area contributed by atoms with Crippen LogP contribution in [0.15, 0.2) is 24.4 Å². The smallest absolute Gasteiger partial charge is 0.304 e. The Morgan fingerprint density at radius 2 is 2.24 bits per heavy atom. The molecule has 0 unspecified atom stereocenters. The Balaban J connectivity index is 2.53. The summed E-state index contributed by atoms with van der Waals surface area (Å²) < 4.78 is 0. The Labute approximate surface area is 102 Å². The Bertz CT molecular complexity index is 339. The van der Waals surface area contributed by atoms with Crippen molar-refractivity contribution in [2.75, 3.05) is 13.1 Å². The predicted octanol–water partition coefficient (Wildman–Crippen LogP) is 2.01. The summed E-state index contributed by atoms with van der Waals surface area (Å²) in [6, 6.07) is 5.80. The first-order valence-electron chi connectivity index (χ1n) is 5.92. The number of nitrogens with zero attached hydrogens (tertiary/aromatic N) is 2. The summed E-state index contributed by atoms with van der Waals surface area (Å²) in [6.45, 7) is 6.44. The number of aromatic nitrogens is 1. The van der Waals surface area contributed by atoms with Crippen LogP contribution in [0.4, 0.5) is 0 Å². The van der Waals surface area contributed by atoms with E-state index < -0.39 is 5.97 Å². The zero-order valence-electron chi connectivity index (χ0n) is 10.5. The Morgan fingerprint density at radius 1 is 1.47 bits per heavy atom. The molecule has 0 aliphatic rings. The molecule has 17 heavy (non-hydrogen) atoms. The Kier molecular flexibility index (Phi) is 5.63. The topological polar surface area (TPSA) is 53.4 Å². The van der Waals surface area contributed by atoms with Gasteiger partial charge in [-0.15, -0.1) is 0 Å². The van der Waals surface area contributed by atoms with Crippen molar-refractivity contribution in [3.8, 4) is 0 Å². The van der Waals surface area contributed by atoms with Gasteiger partial charge >= 0.3 is 5.97 Å². The van der Waals surface area contributed by atoms with Crippen molar-refractivity contribution in [3.05, 3.63) is 30.1 Å². The molecule has 1 heterocycles. The molecule has 0 atom stereocenters. The summed E-state index contributed by atoms with van der Waals surface area (Å²) in [5.74, 6) is -0.229. The minimum atomic E-state index is -0.750. The van der Waals surface area contributed by atoms with Crippen LogP contribution in [0, 0.1) is 5.92 Å². The Morgan fingerprint density at radius 3 is 2.76 bits per heavy atom. The van der Waals surface area contributed by atoms with Crippen LogP contribution >= 0.6 is 0 Å². The van der Waals surface area contributed by atoms with Crippen LogP contribution in [0.25, 0.3) is 0 Å². The molecule has 1 N–H and O–H groups in total. The SMILES string of the molecule is CC(C)CN(CCC(=O)O)Cc1ccccn1. The van der Waals surface area contributed by atoms with Crippen LogP contribution in [0.1, 0.15) is 26.0 Å². The van der Waals surface area contributed by atoms with Crippen LogP contribution in [-0.4, -0.2) is 34.0 Å². The zero-order valence-corrected chi connectivity index (χ0v) is 10.5. The van der Waals surface area contributed by atoms with Gasteiger partial charge in [0.15, 0.2) is 0 Å². The fourth-order valence-corrected chi connectivity index (χ4v) is 1.73. The van der Waals surface area contributed by atoms with E-state index in [0.717, 1.165) is 12.2 Å². The van der Waals surface area contributed by atoms with Gasteiger partial charge in [-0.25, -0.2) is 0 Å². The lowest BCUT2D eigenvalue weighted by Crippen LogP contribution is -2.30. The molecule has 0 aliphatic heterocycles. The van der Waals surface area contributed by atoms with Gasteiger partial charge in [0.05, 0.1) is 12.1 Å². The highest BCUT2D eigenvalue weighted by Gasteiger charge is 2.10. The number of hydrogen-bond acceptors (Lipinski definition) is 3. The summed E-state index contributed by atoms with van der Waals surface area (Å²) in [4.78, 5) is 17.0. The van der Waals surface area contributed by atoms with E-state index in [-0.39, 0.29) is 6.42 Å². The zero-order chi connectivity index (χ0) is 12.7. The largest absolute Gasteiger partial charge is 0.481 e. The van der Waals surface area contributed by atoms with Gasteiger partial charge in [-0.05, 0) is 18.1 Å². The highest BCUT2D eigenvalue weighted by Crippen LogP contribution is 2.06. The molecular weight excluding hydrogens is 216 g/mol. The van der Waals surface area contributed by atoms with Crippen LogP contribution in [0.5, 0.6) is 0 Å². The summed E-state index contributed by atoms with van der Waals surface area (Å²) in [7, 11) is 0. The van der Waals surface area contributed by atoms with Gasteiger partial charge in [-0.1, -0.05) is 19.9 Å². The van der Waals surface area contributed by atoms with Gasteiger partial charge in [0.2, 0.25) is 0 Å². The summed E-state index contributed by atoms with van der Waals surface area (Å²) in [6.07, 6.45) is 1.94. The first kappa shape index (κ1) is 13.6. The van der Waals surface area contributed by atoms with E-state index in [0.29, 0.717) is 19.0 Å². The number of aliphatic carboxylic acids is 1. The highest BCUT2D eigenvalue weighted by atomic mass is 16.4. The maximum absolute atomic E-state index is 10.6. The number of hydrogen-bond donors (Lipinski definition) is 1.